The Labute approximate surface area is 185 Å². The number of ether oxygens (including phenoxy) is 4. The van der Waals surface area contributed by atoms with Gasteiger partial charge in [0, 0.05) is 29.3 Å². The second kappa shape index (κ2) is 6.48. The highest BCUT2D eigenvalue weighted by atomic mass is 79.9. The summed E-state index contributed by atoms with van der Waals surface area (Å²) < 4.78 is 39.1. The van der Waals surface area contributed by atoms with Crippen LogP contribution in [0.15, 0.2) is 22.7 Å². The van der Waals surface area contributed by atoms with E-state index in [1.807, 2.05) is 12.1 Å². The largest absolute Gasteiger partial charge is 0.447 e. The molecule has 1 N–H and O–H groups in total. The second-order valence-electron chi connectivity index (χ2n) is 8.22. The van der Waals surface area contributed by atoms with E-state index in [1.165, 1.54) is 18.2 Å². The monoisotopic (exact) mass is 486 g/mol. The van der Waals surface area contributed by atoms with E-state index in [0.717, 1.165) is 0 Å². The van der Waals surface area contributed by atoms with Crippen molar-refractivity contribution < 1.29 is 23.3 Å². The van der Waals surface area contributed by atoms with Crippen LogP contribution in [0, 0.1) is 62.0 Å². The molecular formula is C21H16BrFN4O4. The molecule has 1 aromatic carbocycles. The number of hydrogen-bond acceptors (Lipinski definition) is 8. The van der Waals surface area contributed by atoms with Gasteiger partial charge in [0.25, 0.3) is 0 Å². The van der Waals surface area contributed by atoms with Gasteiger partial charge in [0.05, 0.1) is 37.3 Å². The van der Waals surface area contributed by atoms with E-state index in [1.54, 1.807) is 0 Å². The quantitative estimate of drug-likeness (QED) is 0.642. The van der Waals surface area contributed by atoms with Crippen LogP contribution in [0.1, 0.15) is 30.9 Å². The molecule has 0 amide bonds. The summed E-state index contributed by atoms with van der Waals surface area (Å²) in [6.07, 6.45) is -0.763. The van der Waals surface area contributed by atoms with Crippen molar-refractivity contribution in [2.75, 3.05) is 13.2 Å². The Kier molecular flexibility index (Phi) is 4.25. The van der Waals surface area contributed by atoms with Gasteiger partial charge < -0.3 is 18.9 Å². The molecule has 0 radical (unpaired) electrons. The molecule has 0 aromatic heterocycles. The fraction of sp³-hybridized carbons (Fsp3) is 0.524. The van der Waals surface area contributed by atoms with E-state index < -0.39 is 46.1 Å². The van der Waals surface area contributed by atoms with Crippen molar-refractivity contribution in [2.24, 2.45) is 16.7 Å². The molecule has 2 bridgehead atoms. The first-order valence-corrected chi connectivity index (χ1v) is 10.5. The van der Waals surface area contributed by atoms with Crippen LogP contribution >= 0.6 is 15.9 Å². The van der Waals surface area contributed by atoms with Gasteiger partial charge in [-0.05, 0) is 18.2 Å². The number of hydrogen-bond donors (Lipinski definition) is 1. The molecule has 3 aliphatic heterocycles. The Morgan fingerprint density at radius 3 is 2.45 bits per heavy atom. The standard InChI is InChI=1S/C21H16BrFN4O4/c22-12-1-2-14(23)13(7-12)16-18(9-24,10-25)20(11-26)15-8-19(28-5-6-29-19)3-4-21(15,30-16)31-17(20)27/h1-2,7,15-16,27H,3-6,8H2. The Morgan fingerprint density at radius 1 is 1.10 bits per heavy atom. The second-order valence-corrected chi connectivity index (χ2v) is 9.14. The van der Waals surface area contributed by atoms with Crippen molar-refractivity contribution in [3.63, 3.8) is 0 Å². The van der Waals surface area contributed by atoms with Crippen molar-refractivity contribution in [3.8, 4) is 18.2 Å². The van der Waals surface area contributed by atoms with Crippen LogP contribution in [0.3, 0.4) is 0 Å². The molecule has 4 aliphatic rings. The third kappa shape index (κ3) is 2.32. The number of benzene rings is 1. The highest BCUT2D eigenvalue weighted by molar-refractivity contribution is 9.10. The summed E-state index contributed by atoms with van der Waals surface area (Å²) >= 11 is 3.28. The summed E-state index contributed by atoms with van der Waals surface area (Å²) in [6.45, 7) is 0.762. The van der Waals surface area contributed by atoms with Gasteiger partial charge in [-0.2, -0.15) is 15.8 Å². The van der Waals surface area contributed by atoms with Gasteiger partial charge in [-0.3, -0.25) is 5.41 Å². The number of nitriles is 3. The van der Waals surface area contributed by atoms with Gasteiger partial charge in [0.2, 0.25) is 17.1 Å². The minimum atomic E-state index is -2.23. The maximum absolute atomic E-state index is 14.9. The van der Waals surface area contributed by atoms with Gasteiger partial charge in [0.15, 0.2) is 11.2 Å². The van der Waals surface area contributed by atoms with Crippen LogP contribution in [0.25, 0.3) is 0 Å². The third-order valence-corrected chi connectivity index (χ3v) is 7.47. The Morgan fingerprint density at radius 2 is 1.81 bits per heavy atom. The molecule has 4 atom stereocenters. The zero-order valence-electron chi connectivity index (χ0n) is 16.2. The molecule has 4 unspecified atom stereocenters. The van der Waals surface area contributed by atoms with Gasteiger partial charge in [-0.25, -0.2) is 4.39 Å². The summed E-state index contributed by atoms with van der Waals surface area (Å²) in [5, 5.41) is 39.5. The molecule has 1 aliphatic carbocycles. The van der Waals surface area contributed by atoms with Crippen LogP contribution in [0.5, 0.6) is 0 Å². The molecule has 1 saturated carbocycles. The van der Waals surface area contributed by atoms with Crippen LogP contribution in [-0.2, 0) is 18.9 Å². The SMILES string of the molecule is N#CC1(C#N)C(c2cc(Br)ccc2F)OC23CCC4(CC2C1(C#N)C(=N)O3)OCCO4. The minimum Gasteiger partial charge on any atom is -0.447 e. The van der Waals surface area contributed by atoms with Crippen molar-refractivity contribution in [1.82, 2.24) is 0 Å². The number of rotatable bonds is 1. The average Bonchev–Trinajstić information content (AvgIpc) is 3.29. The minimum absolute atomic E-state index is 0.0538. The summed E-state index contributed by atoms with van der Waals surface area (Å²) in [5.74, 6) is -4.54. The van der Waals surface area contributed by atoms with E-state index in [2.05, 4.69) is 22.0 Å². The highest BCUT2D eigenvalue weighted by Gasteiger charge is 2.82. The zero-order valence-corrected chi connectivity index (χ0v) is 17.7. The summed E-state index contributed by atoms with van der Waals surface area (Å²) in [7, 11) is 0. The maximum atomic E-state index is 14.9. The van der Waals surface area contributed by atoms with Gasteiger partial charge in [0.1, 0.15) is 11.9 Å². The summed E-state index contributed by atoms with van der Waals surface area (Å²) in [5.41, 5.74) is -4.28. The first-order valence-electron chi connectivity index (χ1n) is 9.74. The molecular weight excluding hydrogens is 471 g/mol. The van der Waals surface area contributed by atoms with E-state index in [-0.39, 0.29) is 18.4 Å². The van der Waals surface area contributed by atoms with E-state index in [4.69, 9.17) is 24.4 Å². The molecule has 10 heteroatoms. The molecule has 1 spiro atoms. The Bertz CT molecular complexity index is 1100. The lowest BCUT2D eigenvalue weighted by atomic mass is 9.51. The normalized spacial score (nSPS) is 36.7. The Balaban J connectivity index is 1.75. The smallest absolute Gasteiger partial charge is 0.218 e. The lowest BCUT2D eigenvalue weighted by Crippen LogP contribution is -2.63. The lowest BCUT2D eigenvalue weighted by molar-refractivity contribution is -0.331. The first kappa shape index (κ1) is 20.4. The van der Waals surface area contributed by atoms with E-state index in [9.17, 15) is 20.2 Å². The van der Waals surface area contributed by atoms with Crippen LogP contribution in [-0.4, -0.2) is 30.7 Å². The summed E-state index contributed by atoms with van der Waals surface area (Å²) in [4.78, 5) is 0. The van der Waals surface area contributed by atoms with Crippen LogP contribution in [0.2, 0.25) is 0 Å². The highest BCUT2D eigenvalue weighted by Crippen LogP contribution is 2.70. The van der Waals surface area contributed by atoms with E-state index >= 15 is 0 Å². The van der Waals surface area contributed by atoms with E-state index in [0.29, 0.717) is 24.1 Å². The first-order chi connectivity index (χ1) is 14.8. The molecule has 5 rings (SSSR count). The average molecular weight is 487 g/mol. The fourth-order valence-electron chi connectivity index (χ4n) is 5.54. The predicted octanol–water partition coefficient (Wildman–Crippen LogP) is 3.45. The molecule has 31 heavy (non-hydrogen) atoms. The van der Waals surface area contributed by atoms with Gasteiger partial charge >= 0.3 is 0 Å². The van der Waals surface area contributed by atoms with Crippen molar-refractivity contribution >= 4 is 21.8 Å². The van der Waals surface area contributed by atoms with Crippen LogP contribution < -0.4 is 0 Å². The third-order valence-electron chi connectivity index (χ3n) is 6.97. The fourth-order valence-corrected chi connectivity index (χ4v) is 5.92. The zero-order chi connectivity index (χ0) is 22.1. The molecule has 1 aromatic rings. The van der Waals surface area contributed by atoms with Crippen LogP contribution in [0.4, 0.5) is 4.39 Å². The molecule has 4 fully saturated rings. The molecule has 8 nitrogen and oxygen atoms in total. The maximum Gasteiger partial charge on any atom is 0.218 e. The van der Waals surface area contributed by atoms with Crippen molar-refractivity contribution in [3.05, 3.63) is 34.1 Å². The molecule has 3 heterocycles. The topological polar surface area (TPSA) is 132 Å². The molecule has 158 valence electrons. The summed E-state index contributed by atoms with van der Waals surface area (Å²) in [6, 6.07) is 10.0. The number of halogens is 2. The Hall–Kier alpha value is -2.55. The van der Waals surface area contributed by atoms with Crippen molar-refractivity contribution in [2.45, 2.75) is 36.9 Å². The van der Waals surface area contributed by atoms with Gasteiger partial charge in [-0.1, -0.05) is 15.9 Å². The number of nitrogens with zero attached hydrogens (tertiary/aromatic N) is 3. The predicted molar refractivity (Wildman–Crippen MR) is 103 cm³/mol. The van der Waals surface area contributed by atoms with Crippen molar-refractivity contribution in [1.29, 1.82) is 21.2 Å². The van der Waals surface area contributed by atoms with Gasteiger partial charge in [-0.15, -0.1) is 0 Å². The molecule has 3 saturated heterocycles. The lowest BCUT2D eigenvalue weighted by Gasteiger charge is -2.54. The number of nitrogens with one attached hydrogen (secondary N) is 1.